The molecular formula is C23H20FN3O3. The third-order valence-electron chi connectivity index (χ3n) is 6.15. The molecule has 1 N–H and O–H groups in total. The summed E-state index contributed by atoms with van der Waals surface area (Å²) >= 11 is 0. The van der Waals surface area contributed by atoms with Gasteiger partial charge in [-0.1, -0.05) is 42.5 Å². The van der Waals surface area contributed by atoms with E-state index >= 15 is 0 Å². The Morgan fingerprint density at radius 3 is 2.47 bits per heavy atom. The maximum absolute atomic E-state index is 13.7. The normalized spacial score (nSPS) is 21.2. The fourth-order valence-electron chi connectivity index (χ4n) is 4.86. The van der Waals surface area contributed by atoms with E-state index in [0.29, 0.717) is 6.54 Å². The topological polar surface area (TPSA) is 75.4 Å². The number of aromatic nitrogens is 2. The summed E-state index contributed by atoms with van der Waals surface area (Å²) in [5.41, 5.74) is 1.11. The van der Waals surface area contributed by atoms with Crippen LogP contribution in [0.5, 0.6) is 5.75 Å². The first-order valence-electron chi connectivity index (χ1n) is 9.98. The third-order valence-corrected chi connectivity index (χ3v) is 6.15. The first-order chi connectivity index (χ1) is 14.6. The van der Waals surface area contributed by atoms with Gasteiger partial charge in [0.15, 0.2) is 11.4 Å². The zero-order valence-electron chi connectivity index (χ0n) is 16.1. The largest absolute Gasteiger partial charge is 0.502 e. The van der Waals surface area contributed by atoms with Crippen molar-refractivity contribution in [2.45, 2.75) is 30.8 Å². The van der Waals surface area contributed by atoms with E-state index in [2.05, 4.69) is 5.10 Å². The van der Waals surface area contributed by atoms with Crippen LogP contribution in [0.1, 0.15) is 46.4 Å². The Hall–Kier alpha value is -3.48. The van der Waals surface area contributed by atoms with E-state index in [1.54, 1.807) is 17.0 Å². The van der Waals surface area contributed by atoms with Gasteiger partial charge in [0.2, 0.25) is 5.43 Å². The number of hydrogen-bond acceptors (Lipinski definition) is 4. The molecule has 0 radical (unpaired) electrons. The fraction of sp³-hybridized carbons (Fsp3) is 0.261. The molecule has 0 bridgehead atoms. The second kappa shape index (κ2) is 7.09. The number of halogens is 1. The van der Waals surface area contributed by atoms with Crippen molar-refractivity contribution in [2.75, 3.05) is 6.54 Å². The molecule has 1 amide bonds. The van der Waals surface area contributed by atoms with Crippen molar-refractivity contribution >= 4 is 5.91 Å². The Morgan fingerprint density at radius 2 is 1.73 bits per heavy atom. The van der Waals surface area contributed by atoms with Crippen LogP contribution in [0.2, 0.25) is 0 Å². The minimum absolute atomic E-state index is 0.0753. The second-order valence-corrected chi connectivity index (χ2v) is 7.79. The molecule has 152 valence electrons. The van der Waals surface area contributed by atoms with Crippen LogP contribution in [-0.2, 0) is 0 Å². The van der Waals surface area contributed by atoms with Gasteiger partial charge in [-0.05, 0) is 36.1 Å². The zero-order chi connectivity index (χ0) is 20.8. The van der Waals surface area contributed by atoms with Gasteiger partial charge in [-0.3, -0.25) is 14.3 Å². The monoisotopic (exact) mass is 405 g/mol. The number of nitrogens with zero attached hydrogens (tertiary/aromatic N) is 3. The summed E-state index contributed by atoms with van der Waals surface area (Å²) in [5.74, 6) is -1.52. The Balaban J connectivity index is 1.77. The number of benzene rings is 2. The quantitative estimate of drug-likeness (QED) is 0.727. The van der Waals surface area contributed by atoms with Crippen LogP contribution in [0.4, 0.5) is 4.39 Å². The number of carbonyl (C=O) groups excluding carboxylic acids is 1. The van der Waals surface area contributed by atoms with Crippen molar-refractivity contribution in [3.63, 3.8) is 0 Å². The van der Waals surface area contributed by atoms with Crippen LogP contribution in [0, 0.1) is 5.82 Å². The van der Waals surface area contributed by atoms with Crippen molar-refractivity contribution in [3.05, 3.63) is 93.7 Å². The van der Waals surface area contributed by atoms with Gasteiger partial charge in [-0.2, -0.15) is 5.10 Å². The van der Waals surface area contributed by atoms with Crippen molar-refractivity contribution < 1.29 is 14.3 Å². The Morgan fingerprint density at radius 1 is 1.03 bits per heavy atom. The Bertz CT molecular complexity index is 1160. The highest BCUT2D eigenvalue weighted by Crippen LogP contribution is 2.45. The zero-order valence-corrected chi connectivity index (χ0v) is 16.1. The molecule has 3 atom stereocenters. The minimum atomic E-state index is -0.677. The third kappa shape index (κ3) is 2.81. The molecule has 0 aliphatic carbocycles. The average molecular weight is 405 g/mol. The average Bonchev–Trinajstić information content (AvgIpc) is 3.25. The van der Waals surface area contributed by atoms with E-state index in [1.165, 1.54) is 16.8 Å². The standard InChI is InChI=1S/C23H20FN3O3/c24-16-10-8-15(9-11-16)19(14-5-2-1-3-6-14)20-17-7-4-12-26(17)23(30)21-22(29)18(28)13-25-27(20)21/h1-3,5-6,8-11,13,17,19-20,29H,4,7,12H2/t17-,19+,20-/m1/s1. The molecule has 2 aromatic carbocycles. The first kappa shape index (κ1) is 18.5. The van der Waals surface area contributed by atoms with Crippen molar-refractivity contribution in [2.24, 2.45) is 0 Å². The molecule has 6 nitrogen and oxygen atoms in total. The van der Waals surface area contributed by atoms with E-state index in [-0.39, 0.29) is 35.4 Å². The minimum Gasteiger partial charge on any atom is -0.502 e. The molecule has 0 unspecified atom stereocenters. The van der Waals surface area contributed by atoms with E-state index in [1.807, 2.05) is 30.3 Å². The highest BCUT2D eigenvalue weighted by atomic mass is 19.1. The molecule has 0 spiro atoms. The highest BCUT2D eigenvalue weighted by molar-refractivity contribution is 5.96. The van der Waals surface area contributed by atoms with Gasteiger partial charge in [0, 0.05) is 12.5 Å². The lowest BCUT2D eigenvalue weighted by Gasteiger charge is -2.42. The molecule has 30 heavy (non-hydrogen) atoms. The van der Waals surface area contributed by atoms with E-state index in [9.17, 15) is 19.1 Å². The molecule has 2 aliphatic rings. The number of hydrogen-bond donors (Lipinski definition) is 1. The highest BCUT2D eigenvalue weighted by Gasteiger charge is 2.47. The molecule has 2 aliphatic heterocycles. The van der Waals surface area contributed by atoms with Crippen LogP contribution in [0.25, 0.3) is 0 Å². The van der Waals surface area contributed by atoms with Crippen molar-refractivity contribution in [1.29, 1.82) is 0 Å². The van der Waals surface area contributed by atoms with E-state index < -0.39 is 11.2 Å². The molecule has 1 aromatic heterocycles. The summed E-state index contributed by atoms with van der Waals surface area (Å²) in [4.78, 5) is 26.9. The number of carbonyl (C=O) groups is 1. The predicted octanol–water partition coefficient (Wildman–Crippen LogP) is 3.08. The lowest BCUT2D eigenvalue weighted by molar-refractivity contribution is 0.0565. The molecule has 5 rings (SSSR count). The van der Waals surface area contributed by atoms with Gasteiger partial charge < -0.3 is 10.0 Å². The van der Waals surface area contributed by atoms with E-state index in [4.69, 9.17) is 0 Å². The SMILES string of the molecule is O=C1c2c(O)c(=O)cnn2[C@@H]([C@@H](c2ccccc2)c2ccc(F)cc2)[C@H]2CCCN12. The molecule has 3 aromatic rings. The molecule has 1 fully saturated rings. The summed E-state index contributed by atoms with van der Waals surface area (Å²) in [6.07, 6.45) is 2.67. The van der Waals surface area contributed by atoms with Crippen LogP contribution in [0.3, 0.4) is 0 Å². The number of aromatic hydroxyl groups is 1. The Kier molecular flexibility index (Phi) is 4.38. The summed E-state index contributed by atoms with van der Waals surface area (Å²) in [6.45, 7) is 0.563. The summed E-state index contributed by atoms with van der Waals surface area (Å²) in [6, 6.07) is 15.6. The van der Waals surface area contributed by atoms with E-state index in [0.717, 1.165) is 30.2 Å². The van der Waals surface area contributed by atoms with Gasteiger partial charge in [0.25, 0.3) is 5.91 Å². The lowest BCUT2D eigenvalue weighted by atomic mass is 9.80. The molecule has 3 heterocycles. The maximum Gasteiger partial charge on any atom is 0.276 e. The van der Waals surface area contributed by atoms with Gasteiger partial charge in [-0.25, -0.2) is 4.39 Å². The molecule has 7 heteroatoms. The van der Waals surface area contributed by atoms with Crippen molar-refractivity contribution in [1.82, 2.24) is 14.7 Å². The summed E-state index contributed by atoms with van der Waals surface area (Å²) in [5, 5.41) is 14.7. The first-order valence-corrected chi connectivity index (χ1v) is 9.98. The van der Waals surface area contributed by atoms with Gasteiger partial charge in [-0.15, -0.1) is 0 Å². The smallest absolute Gasteiger partial charge is 0.276 e. The van der Waals surface area contributed by atoms with Crippen LogP contribution >= 0.6 is 0 Å². The lowest BCUT2D eigenvalue weighted by Crippen LogP contribution is -2.50. The van der Waals surface area contributed by atoms with Crippen molar-refractivity contribution in [3.8, 4) is 5.75 Å². The number of fused-ring (bicyclic) bond motifs is 2. The number of amides is 1. The van der Waals surface area contributed by atoms with Gasteiger partial charge in [0.05, 0.1) is 18.3 Å². The molecule has 0 saturated carbocycles. The maximum atomic E-state index is 13.7. The summed E-state index contributed by atoms with van der Waals surface area (Å²) in [7, 11) is 0. The molecular weight excluding hydrogens is 385 g/mol. The molecule has 1 saturated heterocycles. The Labute approximate surface area is 172 Å². The number of rotatable bonds is 3. The van der Waals surface area contributed by atoms with Crippen LogP contribution < -0.4 is 5.43 Å². The predicted molar refractivity (Wildman–Crippen MR) is 108 cm³/mol. The summed E-state index contributed by atoms with van der Waals surface area (Å²) < 4.78 is 15.2. The van der Waals surface area contributed by atoms with Crippen LogP contribution in [-0.4, -0.2) is 38.3 Å². The van der Waals surface area contributed by atoms with Gasteiger partial charge >= 0.3 is 0 Å². The van der Waals surface area contributed by atoms with Crippen LogP contribution in [0.15, 0.2) is 65.6 Å². The van der Waals surface area contributed by atoms with Gasteiger partial charge in [0.1, 0.15) is 5.82 Å². The second-order valence-electron chi connectivity index (χ2n) is 7.79. The fourth-order valence-corrected chi connectivity index (χ4v) is 4.86.